The number of aromatic nitrogens is 1. The fraction of sp³-hybridized carbons (Fsp3) is 0.323. The quantitative estimate of drug-likeness (QED) is 0.166. The van der Waals surface area contributed by atoms with Crippen molar-refractivity contribution in [2.45, 2.75) is 49.8 Å². The number of benzene rings is 2. The van der Waals surface area contributed by atoms with E-state index in [1.807, 2.05) is 43.5 Å². The van der Waals surface area contributed by atoms with Crippen LogP contribution in [0.5, 0.6) is 5.75 Å². The van der Waals surface area contributed by atoms with Crippen LogP contribution in [0.2, 0.25) is 0 Å². The van der Waals surface area contributed by atoms with E-state index in [0.717, 1.165) is 45.5 Å². The minimum absolute atomic E-state index is 0.165. The summed E-state index contributed by atoms with van der Waals surface area (Å²) in [6.07, 6.45) is 4.80. The number of thiophene rings is 1. The molecule has 214 valence electrons. The minimum Gasteiger partial charge on any atom is -0.496 e. The Labute approximate surface area is 247 Å². The van der Waals surface area contributed by atoms with E-state index in [0.29, 0.717) is 35.0 Å². The summed E-state index contributed by atoms with van der Waals surface area (Å²) >= 11 is 2.95. The Morgan fingerprint density at radius 1 is 1.10 bits per heavy atom. The second-order valence-electron chi connectivity index (χ2n) is 9.69. The highest BCUT2D eigenvalue weighted by atomic mass is 32.2. The van der Waals surface area contributed by atoms with Crippen molar-refractivity contribution in [2.24, 2.45) is 0 Å². The zero-order valence-electron chi connectivity index (χ0n) is 23.3. The number of anilines is 1. The highest BCUT2D eigenvalue weighted by Crippen LogP contribution is 2.40. The molecule has 0 spiro atoms. The third-order valence-electron chi connectivity index (χ3n) is 7.05. The van der Waals surface area contributed by atoms with E-state index < -0.39 is 5.25 Å². The fourth-order valence-electron chi connectivity index (χ4n) is 5.08. The largest absolute Gasteiger partial charge is 0.496 e. The molecule has 0 fully saturated rings. The first-order chi connectivity index (χ1) is 19.9. The molecule has 2 N–H and O–H groups in total. The van der Waals surface area contributed by atoms with E-state index in [4.69, 9.17) is 9.47 Å². The van der Waals surface area contributed by atoms with Crippen molar-refractivity contribution in [3.05, 3.63) is 76.3 Å². The first-order valence-electron chi connectivity index (χ1n) is 13.7. The van der Waals surface area contributed by atoms with E-state index in [1.165, 1.54) is 23.1 Å². The number of rotatable bonds is 11. The van der Waals surface area contributed by atoms with Gasteiger partial charge >= 0.3 is 5.97 Å². The maximum atomic E-state index is 13.3. The molecule has 1 aliphatic rings. The summed E-state index contributed by atoms with van der Waals surface area (Å²) in [6, 6.07) is 15.2. The lowest BCUT2D eigenvalue weighted by atomic mass is 10.1. The number of ether oxygens (including phenoxy) is 2. The summed E-state index contributed by atoms with van der Waals surface area (Å²) in [6.45, 7) is 4.93. The third-order valence-corrected chi connectivity index (χ3v) is 9.41. The van der Waals surface area contributed by atoms with Gasteiger partial charge in [-0.1, -0.05) is 30.3 Å². The van der Waals surface area contributed by atoms with Crippen molar-refractivity contribution >= 4 is 56.8 Å². The number of esters is 1. The molecule has 2 aromatic heterocycles. The van der Waals surface area contributed by atoms with E-state index in [2.05, 4.69) is 15.2 Å². The number of carbonyl (C=O) groups is 3. The first kappa shape index (κ1) is 28.8. The summed E-state index contributed by atoms with van der Waals surface area (Å²) in [5.74, 6) is -0.200. The fourth-order valence-corrected chi connectivity index (χ4v) is 7.39. The number of methoxy groups -OCH3 is 1. The van der Waals surface area contributed by atoms with E-state index in [-0.39, 0.29) is 24.4 Å². The Bertz CT molecular complexity index is 1590. The van der Waals surface area contributed by atoms with Crippen LogP contribution >= 0.6 is 23.1 Å². The maximum absolute atomic E-state index is 13.3. The molecule has 0 bridgehead atoms. The number of nitrogens with zero attached hydrogens (tertiary/aromatic N) is 1. The van der Waals surface area contributed by atoms with Gasteiger partial charge in [0, 0.05) is 40.0 Å². The molecule has 10 heteroatoms. The van der Waals surface area contributed by atoms with Gasteiger partial charge in [0.15, 0.2) is 0 Å². The molecule has 0 radical (unpaired) electrons. The molecule has 0 unspecified atom stereocenters. The maximum Gasteiger partial charge on any atom is 0.341 e. The smallest absolute Gasteiger partial charge is 0.341 e. The lowest BCUT2D eigenvalue weighted by molar-refractivity contribution is -0.115. The summed E-state index contributed by atoms with van der Waals surface area (Å²) < 4.78 is 12.7. The number of amides is 2. The van der Waals surface area contributed by atoms with Crippen molar-refractivity contribution in [1.82, 2.24) is 9.88 Å². The molecular formula is C31H33N3O5S2. The predicted molar refractivity (Wildman–Crippen MR) is 164 cm³/mol. The predicted octanol–water partition coefficient (Wildman–Crippen LogP) is 5.93. The number of para-hydroxylation sites is 2. The molecule has 8 nitrogen and oxygen atoms in total. The summed E-state index contributed by atoms with van der Waals surface area (Å²) in [5.41, 5.74) is 3.05. The molecule has 0 saturated carbocycles. The monoisotopic (exact) mass is 591 g/mol. The number of aryl methyl sites for hydroxylation is 1. The SMILES string of the molecule is CCOC(=O)c1c(NC(=O)[C@H](C)Sc2cn(CCNC(=O)c3ccccc3OC)c3ccccc23)sc2c1CCC2. The topological polar surface area (TPSA) is 98.7 Å². The van der Waals surface area contributed by atoms with Crippen molar-refractivity contribution in [1.29, 1.82) is 0 Å². The average Bonchev–Trinajstić information content (AvgIpc) is 3.66. The second-order valence-corrected chi connectivity index (χ2v) is 12.2. The molecule has 2 aromatic carbocycles. The number of hydrogen-bond donors (Lipinski definition) is 2. The molecule has 1 aliphatic carbocycles. The van der Waals surface area contributed by atoms with Gasteiger partial charge in [0.2, 0.25) is 5.91 Å². The van der Waals surface area contributed by atoms with Crippen LogP contribution in [0.4, 0.5) is 5.00 Å². The second kappa shape index (κ2) is 12.8. The number of thioether (sulfide) groups is 1. The number of hydrogen-bond acceptors (Lipinski definition) is 7. The minimum atomic E-state index is -0.411. The van der Waals surface area contributed by atoms with Crippen LogP contribution in [0.1, 0.15) is 51.4 Å². The lowest BCUT2D eigenvalue weighted by Gasteiger charge is -2.12. The zero-order chi connectivity index (χ0) is 28.9. The van der Waals surface area contributed by atoms with Crippen LogP contribution in [-0.4, -0.2) is 47.9 Å². The van der Waals surface area contributed by atoms with Crippen molar-refractivity contribution in [2.75, 3.05) is 25.6 Å². The van der Waals surface area contributed by atoms with Gasteiger partial charge in [-0.2, -0.15) is 0 Å². The summed E-state index contributed by atoms with van der Waals surface area (Å²) in [5, 5.41) is 7.20. The number of fused-ring (bicyclic) bond motifs is 2. The van der Waals surface area contributed by atoms with Crippen LogP contribution in [0, 0.1) is 0 Å². The van der Waals surface area contributed by atoms with Gasteiger partial charge < -0.3 is 24.7 Å². The van der Waals surface area contributed by atoms with Gasteiger partial charge in [0.25, 0.3) is 5.91 Å². The molecule has 0 aliphatic heterocycles. The van der Waals surface area contributed by atoms with Crippen molar-refractivity contribution < 1.29 is 23.9 Å². The van der Waals surface area contributed by atoms with Crippen LogP contribution < -0.4 is 15.4 Å². The normalized spacial score (nSPS) is 13.0. The number of carbonyl (C=O) groups excluding carboxylic acids is 3. The van der Waals surface area contributed by atoms with Crippen LogP contribution in [0.3, 0.4) is 0 Å². The molecule has 41 heavy (non-hydrogen) atoms. The number of nitrogens with one attached hydrogen (secondary N) is 2. The molecule has 2 amide bonds. The van der Waals surface area contributed by atoms with Gasteiger partial charge in [-0.15, -0.1) is 23.1 Å². The van der Waals surface area contributed by atoms with Gasteiger partial charge in [-0.25, -0.2) is 4.79 Å². The molecule has 5 rings (SSSR count). The van der Waals surface area contributed by atoms with E-state index >= 15 is 0 Å². The van der Waals surface area contributed by atoms with Gasteiger partial charge in [-0.05, 0) is 56.9 Å². The Morgan fingerprint density at radius 3 is 2.68 bits per heavy atom. The summed E-state index contributed by atoms with van der Waals surface area (Å²) in [4.78, 5) is 40.9. The molecule has 1 atom stereocenters. The molecule has 0 saturated heterocycles. The average molecular weight is 592 g/mol. The first-order valence-corrected chi connectivity index (χ1v) is 15.4. The third kappa shape index (κ3) is 6.13. The molecule has 4 aromatic rings. The standard InChI is InChI=1S/C31H33N3O5S2/c1-4-39-31(37)27-22-12-9-15-25(22)41-30(27)33-28(35)19(2)40-26-18-34(23-13-7-5-10-20(23)26)17-16-32-29(36)21-11-6-8-14-24(21)38-3/h5-8,10-11,13-14,18-19H,4,9,12,15-17H2,1-3H3,(H,32,36)(H,33,35)/t19-/m0/s1. The Morgan fingerprint density at radius 2 is 1.88 bits per heavy atom. The highest BCUT2D eigenvalue weighted by molar-refractivity contribution is 8.00. The van der Waals surface area contributed by atoms with Gasteiger partial charge in [0.05, 0.1) is 30.1 Å². The van der Waals surface area contributed by atoms with E-state index in [9.17, 15) is 14.4 Å². The Kier molecular flexibility index (Phi) is 8.99. The van der Waals surface area contributed by atoms with Crippen molar-refractivity contribution in [3.8, 4) is 5.75 Å². The Balaban J connectivity index is 1.27. The molecule has 2 heterocycles. The van der Waals surface area contributed by atoms with Crippen LogP contribution in [0.25, 0.3) is 10.9 Å². The lowest BCUT2D eigenvalue weighted by Crippen LogP contribution is -2.27. The summed E-state index contributed by atoms with van der Waals surface area (Å²) in [7, 11) is 1.55. The van der Waals surface area contributed by atoms with Gasteiger partial charge in [0.1, 0.15) is 10.8 Å². The molecular weight excluding hydrogens is 558 g/mol. The van der Waals surface area contributed by atoms with Crippen LogP contribution in [0.15, 0.2) is 59.6 Å². The van der Waals surface area contributed by atoms with E-state index in [1.54, 1.807) is 32.2 Å². The Hall–Kier alpha value is -3.76. The van der Waals surface area contributed by atoms with Gasteiger partial charge in [-0.3, -0.25) is 9.59 Å². The highest BCUT2D eigenvalue weighted by Gasteiger charge is 2.29. The zero-order valence-corrected chi connectivity index (χ0v) is 25.0. The van der Waals surface area contributed by atoms with Crippen molar-refractivity contribution in [3.63, 3.8) is 0 Å². The van der Waals surface area contributed by atoms with Crippen LogP contribution in [-0.2, 0) is 28.9 Å².